The minimum atomic E-state index is 0.186. The van der Waals surface area contributed by atoms with Crippen LogP contribution in [0.3, 0.4) is 0 Å². The van der Waals surface area contributed by atoms with E-state index in [1.54, 1.807) is 12.4 Å². The van der Waals surface area contributed by atoms with Crippen molar-refractivity contribution in [2.45, 2.75) is 26.0 Å². The fourth-order valence-electron chi connectivity index (χ4n) is 1.72. The fourth-order valence-corrected chi connectivity index (χ4v) is 1.72. The maximum atomic E-state index is 10.5. The molecule has 0 amide bonds. The summed E-state index contributed by atoms with van der Waals surface area (Å²) in [6.45, 7) is 5.56. The highest BCUT2D eigenvalue weighted by Crippen LogP contribution is 2.17. The van der Waals surface area contributed by atoms with Crippen LogP contribution in [0.25, 0.3) is 0 Å². The van der Waals surface area contributed by atoms with Crippen molar-refractivity contribution in [1.82, 2.24) is 9.97 Å². The van der Waals surface area contributed by atoms with Crippen LogP contribution in [0.15, 0.2) is 12.4 Å². The summed E-state index contributed by atoms with van der Waals surface area (Å²) in [5.74, 6) is 0.660. The summed E-state index contributed by atoms with van der Waals surface area (Å²) in [6.07, 6.45) is 4.02. The Morgan fingerprint density at radius 3 is 2.75 bits per heavy atom. The number of rotatable bonds is 2. The minimum Gasteiger partial charge on any atom is -0.375 e. The number of nitrogens with zero attached hydrogens (tertiary/aromatic N) is 3. The largest absolute Gasteiger partial charge is 0.375 e. The Balaban J connectivity index is 2.17. The predicted molar refractivity (Wildman–Crippen MR) is 59.6 cm³/mol. The van der Waals surface area contributed by atoms with Gasteiger partial charge in [-0.15, -0.1) is 0 Å². The van der Waals surface area contributed by atoms with Crippen molar-refractivity contribution in [2.24, 2.45) is 0 Å². The highest BCUT2D eigenvalue weighted by molar-refractivity contribution is 5.73. The van der Waals surface area contributed by atoms with Gasteiger partial charge in [0.1, 0.15) is 0 Å². The van der Waals surface area contributed by atoms with E-state index in [0.717, 1.165) is 12.8 Å². The standard InChI is InChI=1S/C11H15N3O2/c1-8-7-16-9(2)5-14(8)11-12-3-10(6-15)4-13-11/h3-4,6,8-9H,5,7H2,1-2H3. The predicted octanol–water partition coefficient (Wildman–Crippen LogP) is 0.903. The number of aromatic nitrogens is 2. The van der Waals surface area contributed by atoms with Crippen molar-refractivity contribution in [3.05, 3.63) is 18.0 Å². The Morgan fingerprint density at radius 2 is 2.12 bits per heavy atom. The van der Waals surface area contributed by atoms with Crippen molar-refractivity contribution >= 4 is 12.2 Å². The summed E-state index contributed by atoms with van der Waals surface area (Å²) in [5, 5.41) is 0. The molecule has 0 aliphatic carbocycles. The summed E-state index contributed by atoms with van der Waals surface area (Å²) < 4.78 is 5.53. The lowest BCUT2D eigenvalue weighted by molar-refractivity contribution is 0.0337. The molecule has 2 atom stereocenters. The Hall–Kier alpha value is -1.49. The fraction of sp³-hybridized carbons (Fsp3) is 0.545. The van der Waals surface area contributed by atoms with Gasteiger partial charge in [0.2, 0.25) is 5.95 Å². The van der Waals surface area contributed by atoms with Gasteiger partial charge >= 0.3 is 0 Å². The highest BCUT2D eigenvalue weighted by atomic mass is 16.5. The van der Waals surface area contributed by atoms with Crippen LogP contribution < -0.4 is 4.90 Å². The highest BCUT2D eigenvalue weighted by Gasteiger charge is 2.25. The zero-order valence-electron chi connectivity index (χ0n) is 9.46. The van der Waals surface area contributed by atoms with Gasteiger partial charge in [0.05, 0.1) is 24.3 Å². The van der Waals surface area contributed by atoms with E-state index >= 15 is 0 Å². The second kappa shape index (κ2) is 4.57. The average Bonchev–Trinajstić information content (AvgIpc) is 2.32. The van der Waals surface area contributed by atoms with Gasteiger partial charge in [0.15, 0.2) is 6.29 Å². The van der Waals surface area contributed by atoms with E-state index in [9.17, 15) is 4.79 Å². The summed E-state index contributed by atoms with van der Waals surface area (Å²) in [5.41, 5.74) is 0.498. The smallest absolute Gasteiger partial charge is 0.225 e. The van der Waals surface area contributed by atoms with Gasteiger partial charge in [-0.2, -0.15) is 0 Å². The van der Waals surface area contributed by atoms with Gasteiger partial charge < -0.3 is 9.64 Å². The third kappa shape index (κ3) is 2.19. The lowest BCUT2D eigenvalue weighted by Gasteiger charge is -2.36. The van der Waals surface area contributed by atoms with E-state index in [-0.39, 0.29) is 12.1 Å². The molecular formula is C11H15N3O2. The molecule has 1 aromatic rings. The molecule has 1 saturated heterocycles. The lowest BCUT2D eigenvalue weighted by atomic mass is 10.2. The Kier molecular flexibility index (Phi) is 3.14. The molecule has 0 bridgehead atoms. The zero-order chi connectivity index (χ0) is 11.5. The maximum absolute atomic E-state index is 10.5. The molecule has 1 fully saturated rings. The van der Waals surface area contributed by atoms with Crippen molar-refractivity contribution in [3.8, 4) is 0 Å². The first-order valence-corrected chi connectivity index (χ1v) is 5.36. The van der Waals surface area contributed by atoms with Gasteiger partial charge in [0.25, 0.3) is 0 Å². The van der Waals surface area contributed by atoms with E-state index in [1.807, 2.05) is 6.92 Å². The maximum Gasteiger partial charge on any atom is 0.225 e. The topological polar surface area (TPSA) is 55.3 Å². The molecule has 2 heterocycles. The van der Waals surface area contributed by atoms with Gasteiger partial charge in [-0.05, 0) is 13.8 Å². The monoisotopic (exact) mass is 221 g/mol. The molecule has 1 aliphatic heterocycles. The van der Waals surface area contributed by atoms with Crippen LogP contribution in [0.2, 0.25) is 0 Å². The third-order valence-corrected chi connectivity index (χ3v) is 2.66. The molecule has 1 aliphatic rings. The van der Waals surface area contributed by atoms with Crippen LogP contribution in [0.4, 0.5) is 5.95 Å². The Bertz CT molecular complexity index is 366. The molecule has 5 heteroatoms. The van der Waals surface area contributed by atoms with Crippen LogP contribution in [-0.2, 0) is 4.74 Å². The van der Waals surface area contributed by atoms with Crippen molar-refractivity contribution in [1.29, 1.82) is 0 Å². The Morgan fingerprint density at radius 1 is 1.44 bits per heavy atom. The third-order valence-electron chi connectivity index (χ3n) is 2.66. The number of morpholine rings is 1. The number of carbonyl (C=O) groups is 1. The van der Waals surface area contributed by atoms with Crippen LogP contribution in [0.5, 0.6) is 0 Å². The molecule has 0 N–H and O–H groups in total. The molecule has 0 spiro atoms. The van der Waals surface area contributed by atoms with E-state index in [2.05, 4.69) is 21.8 Å². The van der Waals surface area contributed by atoms with E-state index in [1.165, 1.54) is 0 Å². The zero-order valence-corrected chi connectivity index (χ0v) is 9.46. The number of aldehydes is 1. The first kappa shape index (κ1) is 11.0. The van der Waals surface area contributed by atoms with Crippen LogP contribution in [0, 0.1) is 0 Å². The van der Waals surface area contributed by atoms with E-state index < -0.39 is 0 Å². The van der Waals surface area contributed by atoms with Gasteiger partial charge in [-0.25, -0.2) is 9.97 Å². The first-order chi connectivity index (χ1) is 7.70. The van der Waals surface area contributed by atoms with Crippen LogP contribution in [0.1, 0.15) is 24.2 Å². The molecule has 0 aromatic carbocycles. The van der Waals surface area contributed by atoms with E-state index in [0.29, 0.717) is 18.1 Å². The second-order valence-corrected chi connectivity index (χ2v) is 4.08. The first-order valence-electron chi connectivity index (χ1n) is 5.36. The SMILES string of the molecule is CC1CN(c2ncc(C=O)cn2)C(C)CO1. The van der Waals surface area contributed by atoms with Crippen LogP contribution >= 0.6 is 0 Å². The number of anilines is 1. The summed E-state index contributed by atoms with van der Waals surface area (Å²) in [7, 11) is 0. The minimum absolute atomic E-state index is 0.186. The molecule has 5 nitrogen and oxygen atoms in total. The molecule has 0 radical (unpaired) electrons. The number of ether oxygens (including phenoxy) is 1. The lowest BCUT2D eigenvalue weighted by Crippen LogP contribution is -2.48. The molecule has 1 aromatic heterocycles. The summed E-state index contributed by atoms with van der Waals surface area (Å²) in [6, 6.07) is 0.262. The summed E-state index contributed by atoms with van der Waals surface area (Å²) >= 11 is 0. The Labute approximate surface area is 94.5 Å². The molecular weight excluding hydrogens is 206 g/mol. The number of carbonyl (C=O) groups excluding carboxylic acids is 1. The van der Waals surface area contributed by atoms with Crippen molar-refractivity contribution < 1.29 is 9.53 Å². The van der Waals surface area contributed by atoms with Gasteiger partial charge in [-0.1, -0.05) is 0 Å². The molecule has 0 saturated carbocycles. The van der Waals surface area contributed by atoms with Crippen molar-refractivity contribution in [2.75, 3.05) is 18.1 Å². The normalized spacial score (nSPS) is 25.5. The quantitative estimate of drug-likeness (QED) is 0.694. The second-order valence-electron chi connectivity index (χ2n) is 4.08. The van der Waals surface area contributed by atoms with Crippen LogP contribution in [-0.4, -0.2) is 41.6 Å². The number of hydrogen-bond donors (Lipinski definition) is 0. The van der Waals surface area contributed by atoms with Crippen molar-refractivity contribution in [3.63, 3.8) is 0 Å². The molecule has 2 unspecified atom stereocenters. The average molecular weight is 221 g/mol. The van der Waals surface area contributed by atoms with Gasteiger partial charge in [-0.3, -0.25) is 4.79 Å². The molecule has 16 heavy (non-hydrogen) atoms. The molecule has 86 valence electrons. The number of hydrogen-bond acceptors (Lipinski definition) is 5. The molecule has 2 rings (SSSR count). The van der Waals surface area contributed by atoms with E-state index in [4.69, 9.17) is 4.74 Å². The summed E-state index contributed by atoms with van der Waals surface area (Å²) in [4.78, 5) is 21.0. The van der Waals surface area contributed by atoms with Gasteiger partial charge in [0, 0.05) is 18.9 Å².